The second-order valence-corrected chi connectivity index (χ2v) is 8.33. The Morgan fingerprint density at radius 1 is 1.00 bits per heavy atom. The largest absolute Gasteiger partial charge is 0.492 e. The van der Waals surface area contributed by atoms with Gasteiger partial charge in [0, 0.05) is 44.3 Å². The maximum absolute atomic E-state index is 11.9. The molecule has 7 heteroatoms. The highest BCUT2D eigenvalue weighted by Gasteiger charge is 2.30. The Morgan fingerprint density at radius 3 is 2.39 bits per heavy atom. The summed E-state index contributed by atoms with van der Waals surface area (Å²) in [6.45, 7) is 4.53. The van der Waals surface area contributed by atoms with E-state index in [4.69, 9.17) is 21.7 Å². The van der Waals surface area contributed by atoms with Gasteiger partial charge in [-0.05, 0) is 67.9 Å². The van der Waals surface area contributed by atoms with E-state index in [1.54, 1.807) is 0 Å². The first-order valence-corrected chi connectivity index (χ1v) is 11.4. The molecule has 4 rings (SSSR count). The molecule has 2 fully saturated rings. The SMILES string of the molecule is O=C1CCCN1C1CCN(CCOc2ccc(OC(=S)Nc3ccccc3)cc2)CC1. The van der Waals surface area contributed by atoms with Crippen molar-refractivity contribution in [2.75, 3.05) is 38.1 Å². The number of carbonyl (C=O) groups is 1. The van der Waals surface area contributed by atoms with Crippen LogP contribution in [0.4, 0.5) is 5.69 Å². The molecule has 0 atom stereocenters. The number of rotatable bonds is 7. The average Bonchev–Trinajstić information content (AvgIpc) is 3.22. The van der Waals surface area contributed by atoms with E-state index in [2.05, 4.69) is 15.1 Å². The number of anilines is 1. The summed E-state index contributed by atoms with van der Waals surface area (Å²) >= 11 is 5.25. The van der Waals surface area contributed by atoms with Crippen molar-refractivity contribution in [2.24, 2.45) is 0 Å². The third kappa shape index (κ3) is 6.18. The molecule has 2 aliphatic heterocycles. The zero-order valence-corrected chi connectivity index (χ0v) is 18.5. The maximum atomic E-state index is 11.9. The highest BCUT2D eigenvalue weighted by atomic mass is 32.1. The summed E-state index contributed by atoms with van der Waals surface area (Å²) in [7, 11) is 0. The number of amides is 1. The molecule has 0 aliphatic carbocycles. The minimum absolute atomic E-state index is 0.305. The summed E-state index contributed by atoms with van der Waals surface area (Å²) in [5.41, 5.74) is 0.892. The van der Waals surface area contributed by atoms with Gasteiger partial charge in [0.15, 0.2) is 0 Å². The van der Waals surface area contributed by atoms with Gasteiger partial charge < -0.3 is 19.7 Å². The molecule has 164 valence electrons. The predicted molar refractivity (Wildman–Crippen MR) is 126 cm³/mol. The number of benzene rings is 2. The number of para-hydroxylation sites is 1. The molecule has 0 aromatic heterocycles. The van der Waals surface area contributed by atoms with E-state index in [0.29, 0.717) is 29.5 Å². The molecular formula is C24H29N3O3S. The number of ether oxygens (including phenoxy) is 2. The first-order valence-electron chi connectivity index (χ1n) is 11.0. The molecule has 2 saturated heterocycles. The van der Waals surface area contributed by atoms with Crippen LogP contribution in [0.15, 0.2) is 54.6 Å². The summed E-state index contributed by atoms with van der Waals surface area (Å²) in [6, 6.07) is 17.6. The predicted octanol–water partition coefficient (Wildman–Crippen LogP) is 3.93. The van der Waals surface area contributed by atoms with E-state index in [1.165, 1.54) is 0 Å². The Kier molecular flexibility index (Phi) is 7.38. The highest BCUT2D eigenvalue weighted by Crippen LogP contribution is 2.22. The van der Waals surface area contributed by atoms with Gasteiger partial charge in [0.05, 0.1) is 0 Å². The molecule has 0 radical (unpaired) electrons. The molecule has 31 heavy (non-hydrogen) atoms. The molecule has 2 aromatic carbocycles. The van der Waals surface area contributed by atoms with Crippen LogP contribution in [0.2, 0.25) is 0 Å². The molecule has 1 N–H and O–H groups in total. The summed E-state index contributed by atoms with van der Waals surface area (Å²) in [5, 5.41) is 3.35. The molecule has 0 saturated carbocycles. The van der Waals surface area contributed by atoms with Crippen LogP contribution < -0.4 is 14.8 Å². The van der Waals surface area contributed by atoms with Crippen LogP contribution >= 0.6 is 12.2 Å². The lowest BCUT2D eigenvalue weighted by atomic mass is 10.0. The van der Waals surface area contributed by atoms with Crippen molar-refractivity contribution < 1.29 is 14.3 Å². The Bertz CT molecular complexity index is 867. The van der Waals surface area contributed by atoms with E-state index in [9.17, 15) is 4.79 Å². The zero-order valence-electron chi connectivity index (χ0n) is 17.7. The molecular weight excluding hydrogens is 410 g/mol. The quantitative estimate of drug-likeness (QED) is 0.660. The van der Waals surface area contributed by atoms with Crippen LogP contribution in [-0.4, -0.2) is 59.7 Å². The third-order valence-electron chi connectivity index (χ3n) is 5.84. The van der Waals surface area contributed by atoms with Crippen LogP contribution in [-0.2, 0) is 4.79 Å². The van der Waals surface area contributed by atoms with Crippen LogP contribution in [0, 0.1) is 0 Å². The van der Waals surface area contributed by atoms with Crippen LogP contribution in [0.3, 0.4) is 0 Å². The van der Waals surface area contributed by atoms with Crippen molar-refractivity contribution in [3.63, 3.8) is 0 Å². The van der Waals surface area contributed by atoms with Crippen molar-refractivity contribution in [1.82, 2.24) is 9.80 Å². The lowest BCUT2D eigenvalue weighted by Gasteiger charge is -2.36. The number of carbonyl (C=O) groups excluding carboxylic acids is 1. The fraction of sp³-hybridized carbons (Fsp3) is 0.417. The van der Waals surface area contributed by atoms with E-state index >= 15 is 0 Å². The molecule has 2 heterocycles. The monoisotopic (exact) mass is 439 g/mol. The Hall–Kier alpha value is -2.64. The summed E-state index contributed by atoms with van der Waals surface area (Å²) in [5.74, 6) is 1.82. The smallest absolute Gasteiger partial charge is 0.266 e. The van der Waals surface area contributed by atoms with Gasteiger partial charge in [-0.15, -0.1) is 0 Å². The second-order valence-electron chi connectivity index (χ2n) is 7.96. The summed E-state index contributed by atoms with van der Waals surface area (Å²) in [4.78, 5) is 16.4. The van der Waals surface area contributed by atoms with E-state index < -0.39 is 0 Å². The van der Waals surface area contributed by atoms with Crippen molar-refractivity contribution in [2.45, 2.75) is 31.7 Å². The fourth-order valence-electron chi connectivity index (χ4n) is 4.18. The number of hydrogen-bond acceptors (Lipinski definition) is 5. The first kappa shape index (κ1) is 21.6. The van der Waals surface area contributed by atoms with E-state index in [0.717, 1.165) is 63.3 Å². The Labute approximate surface area is 189 Å². The van der Waals surface area contributed by atoms with Gasteiger partial charge in [0.25, 0.3) is 5.17 Å². The number of likely N-dealkylation sites (tertiary alicyclic amines) is 2. The fourth-order valence-corrected chi connectivity index (χ4v) is 4.39. The number of piperidine rings is 1. The number of nitrogens with zero attached hydrogens (tertiary/aromatic N) is 2. The Morgan fingerprint density at radius 2 is 1.71 bits per heavy atom. The standard InChI is InChI=1S/C24H29N3O3S/c28-23-7-4-14-27(23)20-12-15-26(16-13-20)17-18-29-21-8-10-22(11-9-21)30-24(31)25-19-5-2-1-3-6-19/h1-3,5-6,8-11,20H,4,7,12-18H2,(H,25,31). The zero-order chi connectivity index (χ0) is 21.5. The number of hydrogen-bond donors (Lipinski definition) is 1. The van der Waals surface area contributed by atoms with Crippen LogP contribution in [0.5, 0.6) is 11.5 Å². The molecule has 1 amide bonds. The van der Waals surface area contributed by atoms with Gasteiger partial charge in [0.1, 0.15) is 18.1 Å². The van der Waals surface area contributed by atoms with Gasteiger partial charge >= 0.3 is 0 Å². The van der Waals surface area contributed by atoms with Gasteiger partial charge in [-0.3, -0.25) is 9.69 Å². The lowest BCUT2D eigenvalue weighted by molar-refractivity contribution is -0.130. The molecule has 0 bridgehead atoms. The van der Waals surface area contributed by atoms with Gasteiger partial charge in [-0.1, -0.05) is 18.2 Å². The van der Waals surface area contributed by atoms with Gasteiger partial charge in [-0.25, -0.2) is 0 Å². The molecule has 6 nitrogen and oxygen atoms in total. The van der Waals surface area contributed by atoms with Gasteiger partial charge in [0.2, 0.25) is 5.91 Å². The van der Waals surface area contributed by atoms with Crippen molar-refractivity contribution in [3.05, 3.63) is 54.6 Å². The number of nitrogens with one attached hydrogen (secondary N) is 1. The lowest BCUT2D eigenvalue weighted by Crippen LogP contribution is -2.46. The van der Waals surface area contributed by atoms with Crippen molar-refractivity contribution in [3.8, 4) is 11.5 Å². The second kappa shape index (κ2) is 10.6. The highest BCUT2D eigenvalue weighted by molar-refractivity contribution is 7.80. The molecule has 2 aliphatic rings. The normalized spacial score (nSPS) is 17.5. The van der Waals surface area contributed by atoms with Crippen molar-refractivity contribution >= 4 is 29.0 Å². The third-order valence-corrected chi connectivity index (χ3v) is 6.02. The van der Waals surface area contributed by atoms with E-state index in [-0.39, 0.29) is 0 Å². The molecule has 2 aromatic rings. The first-order chi connectivity index (χ1) is 15.2. The minimum atomic E-state index is 0.305. The van der Waals surface area contributed by atoms with Crippen molar-refractivity contribution in [1.29, 1.82) is 0 Å². The molecule has 0 spiro atoms. The summed E-state index contributed by atoms with van der Waals surface area (Å²) < 4.78 is 11.6. The van der Waals surface area contributed by atoms with Crippen LogP contribution in [0.1, 0.15) is 25.7 Å². The van der Waals surface area contributed by atoms with E-state index in [1.807, 2.05) is 54.6 Å². The minimum Gasteiger partial charge on any atom is -0.492 e. The Balaban J connectivity index is 1.15. The van der Waals surface area contributed by atoms with Crippen LogP contribution in [0.25, 0.3) is 0 Å². The topological polar surface area (TPSA) is 54.0 Å². The summed E-state index contributed by atoms with van der Waals surface area (Å²) in [6.07, 6.45) is 3.88. The maximum Gasteiger partial charge on any atom is 0.266 e. The number of thiocarbonyl (C=S) groups is 1. The van der Waals surface area contributed by atoms with Gasteiger partial charge in [-0.2, -0.15) is 0 Å². The molecule has 0 unspecified atom stereocenters. The average molecular weight is 440 g/mol.